The molecule has 1 aliphatic rings. The summed E-state index contributed by atoms with van der Waals surface area (Å²) in [6.07, 6.45) is -0.596. The van der Waals surface area contributed by atoms with Gasteiger partial charge in [0.2, 0.25) is 11.7 Å². The van der Waals surface area contributed by atoms with Crippen molar-refractivity contribution >= 4 is 0 Å². The summed E-state index contributed by atoms with van der Waals surface area (Å²) in [6, 6.07) is 8.43. The second kappa shape index (κ2) is 6.70. The Morgan fingerprint density at radius 3 is 2.85 bits per heavy atom. The molecule has 0 aliphatic carbocycles. The smallest absolute Gasteiger partial charge is 0.280 e. The Hall–Kier alpha value is -3.03. The fraction of sp³-hybridized carbons (Fsp3) is 0.278. The molecular weight excluding hydrogens is 344 g/mol. The third-order valence-corrected chi connectivity index (χ3v) is 4.24. The van der Waals surface area contributed by atoms with Gasteiger partial charge in [-0.2, -0.15) is 4.98 Å². The van der Waals surface area contributed by atoms with Crippen molar-refractivity contribution in [3.63, 3.8) is 0 Å². The van der Waals surface area contributed by atoms with Gasteiger partial charge in [0.1, 0.15) is 23.8 Å². The molecule has 0 bridgehead atoms. The van der Waals surface area contributed by atoms with E-state index in [9.17, 15) is 8.78 Å². The van der Waals surface area contributed by atoms with E-state index >= 15 is 0 Å². The van der Waals surface area contributed by atoms with Crippen LogP contribution in [-0.4, -0.2) is 28.8 Å². The van der Waals surface area contributed by atoms with Crippen LogP contribution in [0.4, 0.5) is 8.78 Å². The number of fused-ring (bicyclic) bond motifs is 1. The molecule has 6 nitrogen and oxygen atoms in total. The lowest BCUT2D eigenvalue weighted by Gasteiger charge is -2.23. The molecule has 1 aliphatic heterocycles. The van der Waals surface area contributed by atoms with Crippen molar-refractivity contribution in [2.24, 2.45) is 0 Å². The van der Waals surface area contributed by atoms with E-state index in [1.165, 1.54) is 18.3 Å². The average Bonchev–Trinajstić information content (AvgIpc) is 3.17. The van der Waals surface area contributed by atoms with E-state index in [4.69, 9.17) is 14.0 Å². The summed E-state index contributed by atoms with van der Waals surface area (Å²) < 4.78 is 41.5. The first-order valence-corrected chi connectivity index (χ1v) is 8.02. The molecular formula is C18H15F2N3O3. The van der Waals surface area contributed by atoms with Gasteiger partial charge in [-0.3, -0.25) is 4.98 Å². The van der Waals surface area contributed by atoms with Crippen molar-refractivity contribution in [1.29, 1.82) is 0 Å². The highest BCUT2D eigenvalue weighted by Crippen LogP contribution is 2.34. The Labute approximate surface area is 147 Å². The first-order chi connectivity index (χ1) is 12.6. The van der Waals surface area contributed by atoms with Crippen molar-refractivity contribution < 1.29 is 22.8 Å². The molecule has 4 rings (SSSR count). The summed E-state index contributed by atoms with van der Waals surface area (Å²) >= 11 is 0. The molecule has 0 fully saturated rings. The van der Waals surface area contributed by atoms with E-state index in [1.54, 1.807) is 7.11 Å². The molecule has 0 spiro atoms. The Morgan fingerprint density at radius 2 is 2.12 bits per heavy atom. The highest BCUT2D eigenvalue weighted by molar-refractivity contribution is 5.52. The zero-order chi connectivity index (χ0) is 18.1. The SMILES string of the molecule is COc1ccc2c(c1)OCC(c1nc(-c3ccc(C(F)F)nc3)no1)C2. The Balaban J connectivity index is 1.53. The van der Waals surface area contributed by atoms with Crippen LogP contribution < -0.4 is 9.47 Å². The fourth-order valence-corrected chi connectivity index (χ4v) is 2.82. The van der Waals surface area contributed by atoms with E-state index in [0.717, 1.165) is 17.1 Å². The molecule has 3 heterocycles. The summed E-state index contributed by atoms with van der Waals surface area (Å²) in [7, 11) is 1.61. The average molecular weight is 359 g/mol. The Kier molecular flexibility index (Phi) is 4.24. The van der Waals surface area contributed by atoms with Crippen LogP contribution in [0.3, 0.4) is 0 Å². The number of rotatable bonds is 4. The lowest BCUT2D eigenvalue weighted by Crippen LogP contribution is -2.19. The van der Waals surface area contributed by atoms with Crippen molar-refractivity contribution in [2.75, 3.05) is 13.7 Å². The van der Waals surface area contributed by atoms with Gasteiger partial charge < -0.3 is 14.0 Å². The molecule has 0 N–H and O–H groups in total. The van der Waals surface area contributed by atoms with Crippen LogP contribution in [0.15, 0.2) is 41.1 Å². The summed E-state index contributed by atoms with van der Waals surface area (Å²) in [5, 5.41) is 3.93. The molecule has 0 radical (unpaired) electrons. The third kappa shape index (κ3) is 3.10. The molecule has 3 aromatic rings. The maximum Gasteiger partial charge on any atom is 0.280 e. The van der Waals surface area contributed by atoms with E-state index < -0.39 is 6.43 Å². The standard InChI is InChI=1S/C18H15F2N3O3/c1-24-13-4-2-10-6-12(9-25-15(10)7-13)18-22-17(23-26-18)11-3-5-14(16(19)20)21-8-11/h2-5,7-8,12,16H,6,9H2,1H3. The van der Waals surface area contributed by atoms with Gasteiger partial charge in [0.25, 0.3) is 6.43 Å². The maximum atomic E-state index is 12.6. The van der Waals surface area contributed by atoms with E-state index in [0.29, 0.717) is 30.3 Å². The number of hydrogen-bond acceptors (Lipinski definition) is 6. The van der Waals surface area contributed by atoms with Gasteiger partial charge in [-0.1, -0.05) is 11.2 Å². The minimum absolute atomic E-state index is 0.0783. The van der Waals surface area contributed by atoms with Gasteiger partial charge in [0.05, 0.1) is 13.0 Å². The van der Waals surface area contributed by atoms with Crippen molar-refractivity contribution in [3.05, 3.63) is 53.7 Å². The number of pyridine rings is 1. The van der Waals surface area contributed by atoms with Crippen LogP contribution in [0.25, 0.3) is 11.4 Å². The predicted molar refractivity (Wildman–Crippen MR) is 87.4 cm³/mol. The Morgan fingerprint density at radius 1 is 1.23 bits per heavy atom. The summed E-state index contributed by atoms with van der Waals surface area (Å²) in [5.41, 5.74) is 1.27. The molecule has 134 valence electrons. The first-order valence-electron chi connectivity index (χ1n) is 8.02. The first kappa shape index (κ1) is 16.4. The van der Waals surface area contributed by atoms with Gasteiger partial charge in [-0.05, 0) is 30.2 Å². The van der Waals surface area contributed by atoms with E-state index in [-0.39, 0.29) is 11.6 Å². The fourth-order valence-electron chi connectivity index (χ4n) is 2.82. The van der Waals surface area contributed by atoms with Gasteiger partial charge in [0.15, 0.2) is 0 Å². The van der Waals surface area contributed by atoms with Crippen molar-refractivity contribution in [2.45, 2.75) is 18.8 Å². The predicted octanol–water partition coefficient (Wildman–Crippen LogP) is 3.80. The van der Waals surface area contributed by atoms with Gasteiger partial charge in [-0.25, -0.2) is 8.78 Å². The number of benzene rings is 1. The monoisotopic (exact) mass is 359 g/mol. The van der Waals surface area contributed by atoms with E-state index in [1.807, 2.05) is 18.2 Å². The molecule has 2 aromatic heterocycles. The molecule has 1 aromatic carbocycles. The number of alkyl halides is 2. The normalized spacial score (nSPS) is 16.2. The lowest BCUT2D eigenvalue weighted by molar-refractivity contribution is 0.146. The second-order valence-corrected chi connectivity index (χ2v) is 5.91. The molecule has 0 saturated heterocycles. The summed E-state index contributed by atoms with van der Waals surface area (Å²) in [5.74, 6) is 2.20. The Bertz CT molecular complexity index is 912. The van der Waals surface area contributed by atoms with Gasteiger partial charge in [-0.15, -0.1) is 0 Å². The highest BCUT2D eigenvalue weighted by atomic mass is 19.3. The number of methoxy groups -OCH3 is 1. The van der Waals surface area contributed by atoms with Crippen molar-refractivity contribution in [3.8, 4) is 22.9 Å². The van der Waals surface area contributed by atoms with Crippen LogP contribution in [0, 0.1) is 0 Å². The summed E-state index contributed by atoms with van der Waals surface area (Å²) in [6.45, 7) is 0.407. The largest absolute Gasteiger partial charge is 0.497 e. The zero-order valence-electron chi connectivity index (χ0n) is 13.9. The summed E-state index contributed by atoms with van der Waals surface area (Å²) in [4.78, 5) is 8.09. The number of hydrogen-bond donors (Lipinski definition) is 0. The number of aromatic nitrogens is 3. The van der Waals surface area contributed by atoms with Crippen LogP contribution in [0.5, 0.6) is 11.5 Å². The second-order valence-electron chi connectivity index (χ2n) is 5.91. The number of halogens is 2. The number of ether oxygens (including phenoxy) is 2. The molecule has 1 unspecified atom stereocenters. The third-order valence-electron chi connectivity index (χ3n) is 4.24. The zero-order valence-corrected chi connectivity index (χ0v) is 13.9. The van der Waals surface area contributed by atoms with Crippen LogP contribution in [0.2, 0.25) is 0 Å². The number of nitrogens with zero attached hydrogens (tertiary/aromatic N) is 3. The van der Waals surface area contributed by atoms with E-state index in [2.05, 4.69) is 15.1 Å². The minimum atomic E-state index is -2.61. The highest BCUT2D eigenvalue weighted by Gasteiger charge is 2.27. The van der Waals surface area contributed by atoms with Gasteiger partial charge >= 0.3 is 0 Å². The maximum absolute atomic E-state index is 12.6. The van der Waals surface area contributed by atoms with Crippen LogP contribution in [0.1, 0.15) is 29.5 Å². The van der Waals surface area contributed by atoms with Gasteiger partial charge in [0, 0.05) is 17.8 Å². The molecule has 1 atom stereocenters. The van der Waals surface area contributed by atoms with Crippen LogP contribution in [-0.2, 0) is 6.42 Å². The van der Waals surface area contributed by atoms with Crippen LogP contribution >= 0.6 is 0 Å². The van der Waals surface area contributed by atoms with Crippen molar-refractivity contribution in [1.82, 2.24) is 15.1 Å². The molecule has 8 heteroatoms. The molecule has 0 saturated carbocycles. The minimum Gasteiger partial charge on any atom is -0.497 e. The molecule has 0 amide bonds. The quantitative estimate of drug-likeness (QED) is 0.706. The molecule has 26 heavy (non-hydrogen) atoms. The lowest BCUT2D eigenvalue weighted by atomic mass is 9.96. The topological polar surface area (TPSA) is 70.3 Å².